The van der Waals surface area contributed by atoms with E-state index in [-0.39, 0.29) is 55.8 Å². The fraction of sp³-hybridized carbons (Fsp3) is 0.432. The number of guanidine groups is 1. The van der Waals surface area contributed by atoms with E-state index in [1.165, 1.54) is 12.1 Å². The van der Waals surface area contributed by atoms with Gasteiger partial charge in [-0.3, -0.25) is 24.6 Å². The third-order valence-corrected chi connectivity index (χ3v) is 7.90. The summed E-state index contributed by atoms with van der Waals surface area (Å²) in [7, 11) is 0. The van der Waals surface area contributed by atoms with Crippen LogP contribution in [0.1, 0.15) is 64.5 Å². The molecule has 3 rings (SSSR count). The quantitative estimate of drug-likeness (QED) is 0.0269. The van der Waals surface area contributed by atoms with Crippen molar-refractivity contribution < 1.29 is 33.1 Å². The molecular weight excluding hydrogens is 670 g/mol. The number of anilines is 1. The van der Waals surface area contributed by atoms with Crippen molar-refractivity contribution >= 4 is 52.2 Å². The number of nitrogens with one attached hydrogen (secondary N) is 6. The van der Waals surface area contributed by atoms with Crippen molar-refractivity contribution in [2.45, 2.75) is 85.0 Å². The minimum Gasteiger partial charge on any atom is -0.454 e. The van der Waals surface area contributed by atoms with Crippen molar-refractivity contribution in [2.24, 2.45) is 17.6 Å². The van der Waals surface area contributed by atoms with Gasteiger partial charge in [-0.1, -0.05) is 58.0 Å². The summed E-state index contributed by atoms with van der Waals surface area (Å²) in [4.78, 5) is 78.1. The summed E-state index contributed by atoms with van der Waals surface area (Å²) in [5.74, 6) is -4.52. The number of rotatable bonds is 17. The first-order chi connectivity index (χ1) is 24.6. The number of ether oxygens (including phenoxy) is 1. The predicted octanol–water partition coefficient (Wildman–Crippen LogP) is 2.59. The highest BCUT2D eigenvalue weighted by Crippen LogP contribution is 2.21. The Kier molecular flexibility index (Phi) is 15.3. The SMILES string of the molecule is Cc1cc(=O)oc2cc(NC(=O)[C@H](CCCNC(=N)N)NC(=O)[C@H](CC(C)C)NC(=O)[C@H](CC(C)C)NC(=O)C(=O)OCc3ccccc3)ccc12. The normalized spacial score (nSPS) is 12.8. The molecule has 15 heteroatoms. The molecule has 280 valence electrons. The summed E-state index contributed by atoms with van der Waals surface area (Å²) >= 11 is 0. The standard InChI is InChI=1S/C37H49N7O8/c1-21(2)16-28(43-34(48)29(17-22(3)4)44-35(49)36(50)51-20-24-10-7-6-8-11-24)33(47)42-27(12-9-15-40-37(38)39)32(46)41-25-13-14-26-23(5)18-31(45)52-30(26)19-25/h6-8,10-11,13-14,18-19,21-22,27-29H,9,12,15-17,20H2,1-5H3,(H,41,46)(H,42,47)(H,43,48)(H,44,49)(H4,38,39,40)/t27-,28-,29-/m0/s1. The molecule has 0 aliphatic carbocycles. The van der Waals surface area contributed by atoms with Gasteiger partial charge in [0.15, 0.2) is 5.96 Å². The Bertz CT molecular complexity index is 1790. The first kappa shape index (κ1) is 40.7. The Labute approximate surface area is 302 Å². The molecule has 52 heavy (non-hydrogen) atoms. The van der Waals surface area contributed by atoms with E-state index in [9.17, 15) is 28.8 Å². The largest absolute Gasteiger partial charge is 0.454 e. The van der Waals surface area contributed by atoms with E-state index in [0.717, 1.165) is 0 Å². The zero-order valence-corrected chi connectivity index (χ0v) is 30.2. The van der Waals surface area contributed by atoms with E-state index in [4.69, 9.17) is 20.3 Å². The van der Waals surface area contributed by atoms with Crippen molar-refractivity contribution in [2.75, 3.05) is 11.9 Å². The second-order valence-corrected chi connectivity index (χ2v) is 13.4. The highest BCUT2D eigenvalue weighted by Gasteiger charge is 2.32. The van der Waals surface area contributed by atoms with Crippen LogP contribution in [0, 0.1) is 24.2 Å². The van der Waals surface area contributed by atoms with Crippen molar-refractivity contribution in [3.8, 4) is 0 Å². The number of fused-ring (bicyclic) bond motifs is 1. The van der Waals surface area contributed by atoms with Crippen LogP contribution in [-0.4, -0.2) is 60.2 Å². The molecule has 0 saturated heterocycles. The van der Waals surface area contributed by atoms with Crippen LogP contribution in [0.2, 0.25) is 0 Å². The molecule has 15 nitrogen and oxygen atoms in total. The Morgan fingerprint density at radius 3 is 2.06 bits per heavy atom. The van der Waals surface area contributed by atoms with Crippen molar-refractivity contribution in [3.05, 3.63) is 76.1 Å². The molecule has 0 spiro atoms. The fourth-order valence-electron chi connectivity index (χ4n) is 5.39. The monoisotopic (exact) mass is 719 g/mol. The third kappa shape index (κ3) is 13.2. The number of nitrogens with two attached hydrogens (primary N) is 1. The average molecular weight is 720 g/mol. The van der Waals surface area contributed by atoms with Gasteiger partial charge >= 0.3 is 17.5 Å². The topological polar surface area (TPSA) is 235 Å². The van der Waals surface area contributed by atoms with Gasteiger partial charge in [-0.15, -0.1) is 0 Å². The number of carbonyl (C=O) groups is 5. The predicted molar refractivity (Wildman–Crippen MR) is 196 cm³/mol. The van der Waals surface area contributed by atoms with Gasteiger partial charge in [0.05, 0.1) is 0 Å². The second kappa shape index (κ2) is 19.6. The Morgan fingerprint density at radius 1 is 0.827 bits per heavy atom. The molecule has 0 aliphatic rings. The molecule has 2 aromatic carbocycles. The summed E-state index contributed by atoms with van der Waals surface area (Å²) < 4.78 is 10.4. The molecule has 0 radical (unpaired) electrons. The maximum absolute atomic E-state index is 13.8. The lowest BCUT2D eigenvalue weighted by Gasteiger charge is -2.27. The number of hydrogen-bond acceptors (Lipinski definition) is 9. The zero-order valence-electron chi connectivity index (χ0n) is 30.2. The van der Waals surface area contributed by atoms with Gasteiger partial charge in [-0.2, -0.15) is 0 Å². The summed E-state index contributed by atoms with van der Waals surface area (Å²) in [6, 6.07) is 11.7. The van der Waals surface area contributed by atoms with E-state index < -0.39 is 53.3 Å². The maximum atomic E-state index is 13.8. The molecule has 3 aromatic rings. The summed E-state index contributed by atoms with van der Waals surface area (Å²) in [5, 5.41) is 21.4. The maximum Gasteiger partial charge on any atom is 0.397 e. The third-order valence-electron chi connectivity index (χ3n) is 7.90. The Hall–Kier alpha value is -5.73. The minimum absolute atomic E-state index is 0.0649. The summed E-state index contributed by atoms with van der Waals surface area (Å²) in [6.45, 7) is 9.30. The second-order valence-electron chi connectivity index (χ2n) is 13.4. The van der Waals surface area contributed by atoms with Crippen LogP contribution in [-0.2, 0) is 35.3 Å². The molecule has 8 N–H and O–H groups in total. The molecule has 4 amide bonds. The van der Waals surface area contributed by atoms with Crippen LogP contribution in [0.15, 0.2) is 63.8 Å². The van der Waals surface area contributed by atoms with E-state index in [1.807, 2.05) is 27.7 Å². The molecule has 0 fully saturated rings. The lowest BCUT2D eigenvalue weighted by molar-refractivity contribution is -0.156. The van der Waals surface area contributed by atoms with Gasteiger partial charge < -0.3 is 41.5 Å². The molecular formula is C37H49N7O8. The van der Waals surface area contributed by atoms with Gasteiger partial charge in [-0.25, -0.2) is 9.59 Å². The van der Waals surface area contributed by atoms with Gasteiger partial charge in [-0.05, 0) is 67.7 Å². The van der Waals surface area contributed by atoms with Crippen molar-refractivity contribution in [1.82, 2.24) is 21.3 Å². The van der Waals surface area contributed by atoms with Gasteiger partial charge in [0.25, 0.3) is 0 Å². The molecule has 0 saturated carbocycles. The molecule has 0 unspecified atom stereocenters. The van der Waals surface area contributed by atoms with Gasteiger partial charge in [0.2, 0.25) is 17.7 Å². The fourth-order valence-corrected chi connectivity index (χ4v) is 5.39. The number of benzene rings is 2. The van der Waals surface area contributed by atoms with Crippen molar-refractivity contribution in [1.29, 1.82) is 5.41 Å². The number of amides is 4. The van der Waals surface area contributed by atoms with Crippen LogP contribution < -0.4 is 37.9 Å². The number of hydrogen-bond donors (Lipinski definition) is 7. The minimum atomic E-state index is -1.16. The highest BCUT2D eigenvalue weighted by molar-refractivity contribution is 6.32. The van der Waals surface area contributed by atoms with E-state index in [1.54, 1.807) is 49.4 Å². The number of carbonyl (C=O) groups excluding carboxylic acids is 5. The van der Waals surface area contributed by atoms with Gasteiger partial charge in [0, 0.05) is 29.8 Å². The highest BCUT2D eigenvalue weighted by atomic mass is 16.5. The van der Waals surface area contributed by atoms with Crippen LogP contribution in [0.4, 0.5) is 5.69 Å². The molecule has 1 aromatic heterocycles. The van der Waals surface area contributed by atoms with Crippen LogP contribution in [0.3, 0.4) is 0 Å². The van der Waals surface area contributed by atoms with Gasteiger partial charge in [0.1, 0.15) is 30.3 Å². The number of esters is 1. The summed E-state index contributed by atoms with van der Waals surface area (Å²) in [5.41, 5.74) is 6.86. The van der Waals surface area contributed by atoms with Crippen LogP contribution in [0.5, 0.6) is 0 Å². The number of aryl methyl sites for hydroxylation is 1. The van der Waals surface area contributed by atoms with Crippen LogP contribution >= 0.6 is 0 Å². The first-order valence-electron chi connectivity index (χ1n) is 17.2. The van der Waals surface area contributed by atoms with E-state index in [2.05, 4.69) is 26.6 Å². The lowest BCUT2D eigenvalue weighted by Crippen LogP contribution is -2.57. The smallest absolute Gasteiger partial charge is 0.397 e. The van der Waals surface area contributed by atoms with Crippen LogP contribution in [0.25, 0.3) is 11.0 Å². The van der Waals surface area contributed by atoms with Crippen molar-refractivity contribution in [3.63, 3.8) is 0 Å². The Balaban J connectivity index is 1.76. The van der Waals surface area contributed by atoms with E-state index >= 15 is 0 Å². The molecule has 0 aliphatic heterocycles. The summed E-state index contributed by atoms with van der Waals surface area (Å²) in [6.07, 6.45) is 0.842. The molecule has 0 bridgehead atoms. The Morgan fingerprint density at radius 2 is 1.44 bits per heavy atom. The zero-order chi connectivity index (χ0) is 38.4. The van der Waals surface area contributed by atoms with E-state index in [0.29, 0.717) is 28.6 Å². The molecule has 1 heterocycles. The molecule has 3 atom stereocenters. The average Bonchev–Trinajstić information content (AvgIpc) is 3.07. The lowest BCUT2D eigenvalue weighted by atomic mass is 9.99. The first-order valence-corrected chi connectivity index (χ1v) is 17.2.